The summed E-state index contributed by atoms with van der Waals surface area (Å²) in [5, 5.41) is 3.34. The molecule has 0 spiro atoms. The van der Waals surface area contributed by atoms with E-state index in [0.717, 1.165) is 24.1 Å². The maximum atomic E-state index is 12.0. The second-order valence-electron chi connectivity index (χ2n) is 4.86. The molecule has 2 rings (SSSR count). The zero-order chi connectivity index (χ0) is 13.8. The van der Waals surface area contributed by atoms with Gasteiger partial charge in [0.05, 0.1) is 6.54 Å². The Kier molecular flexibility index (Phi) is 4.52. The van der Waals surface area contributed by atoms with Crippen molar-refractivity contribution in [2.45, 2.75) is 33.1 Å². The number of carbonyl (C=O) groups is 2. The van der Waals surface area contributed by atoms with Crippen LogP contribution in [0, 0.1) is 12.8 Å². The minimum atomic E-state index is -0.170. The van der Waals surface area contributed by atoms with Crippen LogP contribution in [0.4, 0.5) is 5.13 Å². The van der Waals surface area contributed by atoms with E-state index >= 15 is 0 Å². The molecule has 2 amide bonds. The first kappa shape index (κ1) is 14.0. The summed E-state index contributed by atoms with van der Waals surface area (Å²) in [6, 6.07) is 0. The smallest absolute Gasteiger partial charge is 0.245 e. The fourth-order valence-corrected chi connectivity index (χ4v) is 2.55. The topological polar surface area (TPSA) is 62.3 Å². The molecule has 104 valence electrons. The molecule has 1 aromatic heterocycles. The molecule has 19 heavy (non-hydrogen) atoms. The van der Waals surface area contributed by atoms with E-state index in [1.165, 1.54) is 11.3 Å². The molecule has 5 nitrogen and oxygen atoms in total. The summed E-state index contributed by atoms with van der Waals surface area (Å²) < 4.78 is 0. The summed E-state index contributed by atoms with van der Waals surface area (Å²) in [7, 11) is 0. The van der Waals surface area contributed by atoms with Crippen LogP contribution in [0.2, 0.25) is 0 Å². The van der Waals surface area contributed by atoms with E-state index in [1.54, 1.807) is 11.1 Å². The first-order valence-electron chi connectivity index (χ1n) is 6.61. The number of nitrogens with zero attached hydrogens (tertiary/aromatic N) is 2. The number of hydrogen-bond donors (Lipinski definition) is 1. The van der Waals surface area contributed by atoms with Crippen molar-refractivity contribution in [1.29, 1.82) is 0 Å². The highest BCUT2D eigenvalue weighted by molar-refractivity contribution is 7.15. The second kappa shape index (κ2) is 6.14. The van der Waals surface area contributed by atoms with Gasteiger partial charge in [0.2, 0.25) is 11.8 Å². The minimum Gasteiger partial charge on any atom is -0.333 e. The number of thiazole rings is 1. The summed E-state index contributed by atoms with van der Waals surface area (Å²) in [6.45, 7) is 4.71. The molecule has 1 fully saturated rings. The molecule has 0 atom stereocenters. The number of anilines is 1. The molecule has 0 radical (unpaired) electrons. The molecule has 1 aliphatic rings. The summed E-state index contributed by atoms with van der Waals surface area (Å²) in [6.07, 6.45) is 4.51. The van der Waals surface area contributed by atoms with Gasteiger partial charge in [0.1, 0.15) is 0 Å². The number of nitrogens with one attached hydrogen (secondary N) is 1. The van der Waals surface area contributed by atoms with Gasteiger partial charge in [0.15, 0.2) is 5.13 Å². The normalized spacial score (nSPS) is 14.2. The van der Waals surface area contributed by atoms with Gasteiger partial charge in [-0.05, 0) is 26.2 Å². The van der Waals surface area contributed by atoms with Crippen LogP contribution in [0.1, 0.15) is 31.1 Å². The Morgan fingerprint density at radius 2 is 2.26 bits per heavy atom. The molecule has 6 heteroatoms. The van der Waals surface area contributed by atoms with Crippen LogP contribution in [-0.2, 0) is 9.59 Å². The van der Waals surface area contributed by atoms with Crippen molar-refractivity contribution >= 4 is 28.3 Å². The Hall–Kier alpha value is -1.43. The lowest BCUT2D eigenvalue weighted by Crippen LogP contribution is -2.39. The Morgan fingerprint density at radius 3 is 2.79 bits per heavy atom. The first-order chi connectivity index (χ1) is 9.10. The van der Waals surface area contributed by atoms with E-state index in [2.05, 4.69) is 10.3 Å². The van der Waals surface area contributed by atoms with Gasteiger partial charge in [-0.1, -0.05) is 6.92 Å². The molecule has 1 aromatic rings. The third kappa shape index (κ3) is 4.02. The van der Waals surface area contributed by atoms with Gasteiger partial charge in [-0.3, -0.25) is 9.59 Å². The van der Waals surface area contributed by atoms with Crippen molar-refractivity contribution in [3.05, 3.63) is 11.1 Å². The fourth-order valence-electron chi connectivity index (χ4n) is 1.87. The molecule has 1 saturated carbocycles. The van der Waals surface area contributed by atoms with E-state index in [1.807, 2.05) is 13.8 Å². The van der Waals surface area contributed by atoms with Crippen LogP contribution in [-0.4, -0.2) is 34.8 Å². The van der Waals surface area contributed by atoms with Gasteiger partial charge in [-0.2, -0.15) is 0 Å². The predicted octanol–water partition coefficient (Wildman–Crippen LogP) is 2.04. The number of aromatic nitrogens is 1. The van der Waals surface area contributed by atoms with Crippen LogP contribution in [0.5, 0.6) is 0 Å². The largest absolute Gasteiger partial charge is 0.333 e. The van der Waals surface area contributed by atoms with E-state index < -0.39 is 0 Å². The average Bonchev–Trinajstić information content (AvgIpc) is 3.13. The van der Waals surface area contributed by atoms with E-state index in [4.69, 9.17) is 0 Å². The zero-order valence-electron chi connectivity index (χ0n) is 11.3. The van der Waals surface area contributed by atoms with Crippen molar-refractivity contribution in [2.75, 3.05) is 18.4 Å². The lowest BCUT2D eigenvalue weighted by atomic mass is 10.3. The van der Waals surface area contributed by atoms with Gasteiger partial charge >= 0.3 is 0 Å². The molecule has 0 aromatic carbocycles. The molecule has 0 unspecified atom stereocenters. The first-order valence-corrected chi connectivity index (χ1v) is 7.43. The Bertz CT molecular complexity index is 468. The molecule has 0 aliphatic heterocycles. The predicted molar refractivity (Wildman–Crippen MR) is 75.1 cm³/mol. The molecular weight excluding hydrogens is 262 g/mol. The SMILES string of the molecule is CCCN(CC(=O)Nc1ncc(C)s1)C(=O)C1CC1. The third-order valence-electron chi connectivity index (χ3n) is 2.93. The van der Waals surface area contributed by atoms with Crippen molar-refractivity contribution < 1.29 is 9.59 Å². The quantitative estimate of drug-likeness (QED) is 0.868. The van der Waals surface area contributed by atoms with E-state index in [-0.39, 0.29) is 24.3 Å². The summed E-state index contributed by atoms with van der Waals surface area (Å²) >= 11 is 1.44. The number of aryl methyl sites for hydroxylation is 1. The average molecular weight is 281 g/mol. The Labute approximate surface area is 117 Å². The van der Waals surface area contributed by atoms with Crippen molar-refractivity contribution in [1.82, 2.24) is 9.88 Å². The monoisotopic (exact) mass is 281 g/mol. The Morgan fingerprint density at radius 1 is 1.53 bits per heavy atom. The zero-order valence-corrected chi connectivity index (χ0v) is 12.1. The number of hydrogen-bond acceptors (Lipinski definition) is 4. The lowest BCUT2D eigenvalue weighted by Gasteiger charge is -2.21. The van der Waals surface area contributed by atoms with Crippen LogP contribution in [0.25, 0.3) is 0 Å². The molecule has 1 N–H and O–H groups in total. The van der Waals surface area contributed by atoms with E-state index in [9.17, 15) is 9.59 Å². The van der Waals surface area contributed by atoms with Gasteiger partial charge in [0, 0.05) is 23.5 Å². The number of rotatable bonds is 6. The van der Waals surface area contributed by atoms with E-state index in [0.29, 0.717) is 11.7 Å². The molecular formula is C13H19N3O2S. The molecule has 0 bridgehead atoms. The highest BCUT2D eigenvalue weighted by atomic mass is 32.1. The van der Waals surface area contributed by atoms with Crippen LogP contribution in [0.3, 0.4) is 0 Å². The van der Waals surface area contributed by atoms with Crippen LogP contribution in [0.15, 0.2) is 6.20 Å². The second-order valence-corrected chi connectivity index (χ2v) is 6.09. The summed E-state index contributed by atoms with van der Waals surface area (Å²) in [4.78, 5) is 30.7. The molecule has 1 aliphatic carbocycles. The van der Waals surface area contributed by atoms with Crippen molar-refractivity contribution in [3.8, 4) is 0 Å². The molecule has 1 heterocycles. The summed E-state index contributed by atoms with van der Waals surface area (Å²) in [5.41, 5.74) is 0. The minimum absolute atomic E-state index is 0.118. The van der Waals surface area contributed by atoms with Gasteiger partial charge in [-0.15, -0.1) is 11.3 Å². The third-order valence-corrected chi connectivity index (χ3v) is 3.76. The molecule has 0 saturated heterocycles. The van der Waals surface area contributed by atoms with Crippen LogP contribution >= 0.6 is 11.3 Å². The standard InChI is InChI=1S/C13H19N3O2S/c1-3-6-16(12(18)10-4-5-10)8-11(17)15-13-14-7-9(2)19-13/h7,10H,3-6,8H2,1-2H3,(H,14,15,17). The van der Waals surface area contributed by atoms with Crippen molar-refractivity contribution in [3.63, 3.8) is 0 Å². The summed E-state index contributed by atoms with van der Waals surface area (Å²) in [5.74, 6) is 0.102. The maximum Gasteiger partial charge on any atom is 0.245 e. The van der Waals surface area contributed by atoms with Crippen molar-refractivity contribution in [2.24, 2.45) is 5.92 Å². The fraction of sp³-hybridized carbons (Fsp3) is 0.615. The lowest BCUT2D eigenvalue weighted by molar-refractivity contribution is -0.135. The Balaban J connectivity index is 1.88. The number of amides is 2. The highest BCUT2D eigenvalue weighted by Gasteiger charge is 2.33. The van der Waals surface area contributed by atoms with Gasteiger partial charge in [-0.25, -0.2) is 4.98 Å². The number of carbonyl (C=O) groups excluding carboxylic acids is 2. The highest BCUT2D eigenvalue weighted by Crippen LogP contribution is 2.31. The van der Waals surface area contributed by atoms with Crippen LogP contribution < -0.4 is 5.32 Å². The maximum absolute atomic E-state index is 12.0. The van der Waals surface area contributed by atoms with Gasteiger partial charge < -0.3 is 10.2 Å². The van der Waals surface area contributed by atoms with Gasteiger partial charge in [0.25, 0.3) is 0 Å².